The number of amides is 1. The summed E-state index contributed by atoms with van der Waals surface area (Å²) in [6.07, 6.45) is 3.03. The van der Waals surface area contributed by atoms with Gasteiger partial charge >= 0.3 is 5.97 Å². The van der Waals surface area contributed by atoms with Crippen molar-refractivity contribution in [3.8, 4) is 0 Å². The second-order valence-corrected chi connectivity index (χ2v) is 4.75. The van der Waals surface area contributed by atoms with Crippen LogP contribution in [-0.2, 0) is 4.79 Å². The number of piperidine rings is 1. The van der Waals surface area contributed by atoms with E-state index >= 15 is 0 Å². The Hall–Kier alpha value is -1.88. The van der Waals surface area contributed by atoms with Crippen molar-refractivity contribution < 1.29 is 14.7 Å². The standard InChI is InChI=1S/C14H18N2O3/c1-16(13(17)12-4-2-3-9-15-12)11-7-5-10(6-8-11)14(18)19/h5-8,12,15H,2-4,9H2,1H3,(H,18,19)/t12-/m0/s1. The molecule has 0 spiro atoms. The van der Waals surface area contributed by atoms with Gasteiger partial charge in [-0.15, -0.1) is 0 Å². The quantitative estimate of drug-likeness (QED) is 0.866. The van der Waals surface area contributed by atoms with E-state index in [0.29, 0.717) is 5.69 Å². The molecule has 0 bridgehead atoms. The maximum Gasteiger partial charge on any atom is 0.335 e. The van der Waals surface area contributed by atoms with Gasteiger partial charge in [-0.1, -0.05) is 6.42 Å². The Morgan fingerprint density at radius 2 is 1.95 bits per heavy atom. The van der Waals surface area contributed by atoms with E-state index in [1.165, 1.54) is 12.1 Å². The number of hydrogen-bond donors (Lipinski definition) is 2. The van der Waals surface area contributed by atoms with Crippen molar-refractivity contribution in [3.63, 3.8) is 0 Å². The van der Waals surface area contributed by atoms with Gasteiger partial charge in [-0.3, -0.25) is 4.79 Å². The second kappa shape index (κ2) is 5.84. The molecule has 0 saturated carbocycles. The molecule has 0 radical (unpaired) electrons. The number of anilines is 1. The molecule has 1 aliphatic rings. The molecule has 1 saturated heterocycles. The average Bonchev–Trinajstić information content (AvgIpc) is 2.46. The Morgan fingerprint density at radius 3 is 2.47 bits per heavy atom. The summed E-state index contributed by atoms with van der Waals surface area (Å²) in [5.41, 5.74) is 0.933. The SMILES string of the molecule is CN(C(=O)[C@@H]1CCCCN1)c1ccc(C(=O)O)cc1. The molecule has 0 aliphatic carbocycles. The monoisotopic (exact) mass is 262 g/mol. The summed E-state index contributed by atoms with van der Waals surface area (Å²) in [5.74, 6) is -0.933. The molecule has 5 nitrogen and oxygen atoms in total. The van der Waals surface area contributed by atoms with Crippen LogP contribution < -0.4 is 10.2 Å². The van der Waals surface area contributed by atoms with Crippen molar-refractivity contribution in [3.05, 3.63) is 29.8 Å². The topological polar surface area (TPSA) is 69.6 Å². The lowest BCUT2D eigenvalue weighted by molar-refractivity contribution is -0.120. The Morgan fingerprint density at radius 1 is 1.26 bits per heavy atom. The molecule has 1 amide bonds. The number of carbonyl (C=O) groups is 2. The van der Waals surface area contributed by atoms with Crippen LogP contribution in [0.3, 0.4) is 0 Å². The fraction of sp³-hybridized carbons (Fsp3) is 0.429. The highest BCUT2D eigenvalue weighted by atomic mass is 16.4. The highest BCUT2D eigenvalue weighted by Crippen LogP contribution is 2.17. The van der Waals surface area contributed by atoms with E-state index < -0.39 is 5.97 Å². The lowest BCUT2D eigenvalue weighted by atomic mass is 10.0. The summed E-state index contributed by atoms with van der Waals surface area (Å²) >= 11 is 0. The van der Waals surface area contributed by atoms with Crippen molar-refractivity contribution in [1.29, 1.82) is 0 Å². The molecule has 5 heteroatoms. The predicted molar refractivity (Wildman–Crippen MR) is 72.5 cm³/mol. The number of nitrogens with one attached hydrogen (secondary N) is 1. The smallest absolute Gasteiger partial charge is 0.335 e. The van der Waals surface area contributed by atoms with Crippen LogP contribution in [-0.4, -0.2) is 36.6 Å². The largest absolute Gasteiger partial charge is 0.478 e. The van der Waals surface area contributed by atoms with Crippen molar-refractivity contribution in [2.75, 3.05) is 18.5 Å². The minimum Gasteiger partial charge on any atom is -0.478 e. The van der Waals surface area contributed by atoms with Crippen molar-refractivity contribution >= 4 is 17.6 Å². The van der Waals surface area contributed by atoms with Crippen LogP contribution in [0.25, 0.3) is 0 Å². The van der Waals surface area contributed by atoms with Crippen LogP contribution >= 0.6 is 0 Å². The fourth-order valence-electron chi connectivity index (χ4n) is 2.25. The molecule has 19 heavy (non-hydrogen) atoms. The van der Waals surface area contributed by atoms with Gasteiger partial charge in [-0.25, -0.2) is 4.79 Å². The number of hydrogen-bond acceptors (Lipinski definition) is 3. The van der Waals surface area contributed by atoms with Gasteiger partial charge in [0, 0.05) is 12.7 Å². The molecule has 1 aromatic rings. The molecule has 1 aliphatic heterocycles. The van der Waals surface area contributed by atoms with Crippen LogP contribution in [0.15, 0.2) is 24.3 Å². The lowest BCUT2D eigenvalue weighted by Crippen LogP contribution is -2.47. The van der Waals surface area contributed by atoms with Gasteiger partial charge in [-0.2, -0.15) is 0 Å². The first-order chi connectivity index (χ1) is 9.09. The third-order valence-corrected chi connectivity index (χ3v) is 3.44. The van der Waals surface area contributed by atoms with E-state index in [1.54, 1.807) is 24.1 Å². The number of likely N-dealkylation sites (N-methyl/N-ethyl adjacent to an activating group) is 1. The van der Waals surface area contributed by atoms with E-state index in [9.17, 15) is 9.59 Å². The van der Waals surface area contributed by atoms with Crippen LogP contribution in [0, 0.1) is 0 Å². The summed E-state index contributed by atoms with van der Waals surface area (Å²) < 4.78 is 0. The van der Waals surface area contributed by atoms with Gasteiger partial charge in [0.2, 0.25) is 5.91 Å². The first-order valence-electron chi connectivity index (χ1n) is 6.44. The minimum atomic E-state index is -0.963. The molecule has 102 valence electrons. The number of aromatic carboxylic acids is 1. The van der Waals surface area contributed by atoms with Crippen LogP contribution in [0.1, 0.15) is 29.6 Å². The third-order valence-electron chi connectivity index (χ3n) is 3.44. The zero-order valence-corrected chi connectivity index (χ0v) is 10.9. The van der Waals surface area contributed by atoms with E-state index in [-0.39, 0.29) is 17.5 Å². The Labute approximate surface area is 112 Å². The first-order valence-corrected chi connectivity index (χ1v) is 6.44. The van der Waals surface area contributed by atoms with Crippen LogP contribution in [0.4, 0.5) is 5.69 Å². The minimum absolute atomic E-state index is 0.0303. The summed E-state index contributed by atoms with van der Waals surface area (Å²) in [5, 5.41) is 12.1. The normalized spacial score (nSPS) is 18.9. The van der Waals surface area contributed by atoms with Crippen molar-refractivity contribution in [2.45, 2.75) is 25.3 Å². The van der Waals surface area contributed by atoms with Crippen molar-refractivity contribution in [1.82, 2.24) is 5.32 Å². The van der Waals surface area contributed by atoms with Crippen LogP contribution in [0.5, 0.6) is 0 Å². The van der Waals surface area contributed by atoms with Gasteiger partial charge in [0.15, 0.2) is 0 Å². The fourth-order valence-corrected chi connectivity index (χ4v) is 2.25. The highest BCUT2D eigenvalue weighted by molar-refractivity contribution is 5.97. The molecular weight excluding hydrogens is 244 g/mol. The van der Waals surface area contributed by atoms with E-state index in [2.05, 4.69) is 5.32 Å². The zero-order chi connectivity index (χ0) is 13.8. The van der Waals surface area contributed by atoms with Gasteiger partial charge in [-0.05, 0) is 43.7 Å². The molecule has 2 rings (SSSR count). The van der Waals surface area contributed by atoms with Gasteiger partial charge in [0.1, 0.15) is 0 Å². The van der Waals surface area contributed by atoms with Gasteiger partial charge in [0.25, 0.3) is 0 Å². The molecule has 1 fully saturated rings. The number of rotatable bonds is 3. The summed E-state index contributed by atoms with van der Waals surface area (Å²) in [4.78, 5) is 24.6. The second-order valence-electron chi connectivity index (χ2n) is 4.75. The average molecular weight is 262 g/mol. The van der Waals surface area contributed by atoms with E-state index in [1.807, 2.05) is 0 Å². The summed E-state index contributed by atoms with van der Waals surface area (Å²) in [6, 6.07) is 6.21. The first kappa shape index (κ1) is 13.5. The Bertz CT molecular complexity index is 464. The number of carbonyl (C=O) groups excluding carboxylic acids is 1. The Balaban J connectivity index is 2.07. The molecule has 1 atom stereocenters. The third kappa shape index (κ3) is 3.12. The predicted octanol–water partition coefficient (Wildman–Crippen LogP) is 1.49. The van der Waals surface area contributed by atoms with E-state index in [4.69, 9.17) is 5.11 Å². The molecular formula is C14H18N2O3. The molecule has 1 heterocycles. The lowest BCUT2D eigenvalue weighted by Gasteiger charge is -2.27. The molecule has 0 unspecified atom stereocenters. The van der Waals surface area contributed by atoms with Crippen molar-refractivity contribution in [2.24, 2.45) is 0 Å². The molecule has 0 aromatic heterocycles. The Kier molecular flexibility index (Phi) is 4.16. The maximum atomic E-state index is 12.3. The molecule has 2 N–H and O–H groups in total. The number of benzene rings is 1. The maximum absolute atomic E-state index is 12.3. The van der Waals surface area contributed by atoms with E-state index in [0.717, 1.165) is 25.8 Å². The number of nitrogens with zero attached hydrogens (tertiary/aromatic N) is 1. The summed E-state index contributed by atoms with van der Waals surface area (Å²) in [6.45, 7) is 0.877. The van der Waals surface area contributed by atoms with Gasteiger partial charge in [0.05, 0.1) is 11.6 Å². The zero-order valence-electron chi connectivity index (χ0n) is 10.9. The number of carboxylic acid groups (broad SMARTS) is 1. The highest BCUT2D eigenvalue weighted by Gasteiger charge is 2.24. The number of carboxylic acids is 1. The summed E-state index contributed by atoms with van der Waals surface area (Å²) in [7, 11) is 1.72. The van der Waals surface area contributed by atoms with Crippen LogP contribution in [0.2, 0.25) is 0 Å². The van der Waals surface area contributed by atoms with Gasteiger partial charge < -0.3 is 15.3 Å². The molecule has 1 aromatic carbocycles.